The number of aromatic nitrogens is 2. The van der Waals surface area contributed by atoms with E-state index in [1.54, 1.807) is 18.2 Å². The number of halogens is 1. The van der Waals surface area contributed by atoms with E-state index in [-0.39, 0.29) is 23.4 Å². The number of likely N-dealkylation sites (tertiary alicyclic amines) is 1. The van der Waals surface area contributed by atoms with Crippen molar-refractivity contribution in [1.82, 2.24) is 20.2 Å². The fraction of sp³-hybridized carbons (Fsp3) is 0.484. The first-order valence-corrected chi connectivity index (χ1v) is 14.2. The van der Waals surface area contributed by atoms with E-state index >= 15 is 0 Å². The Bertz CT molecular complexity index is 1580. The van der Waals surface area contributed by atoms with Crippen molar-refractivity contribution in [3.63, 3.8) is 0 Å². The average molecular weight is 545 g/mol. The highest BCUT2D eigenvalue weighted by atomic mass is 19.1. The number of benzene rings is 2. The van der Waals surface area contributed by atoms with E-state index in [1.165, 1.54) is 6.07 Å². The van der Waals surface area contributed by atoms with Crippen LogP contribution in [0.25, 0.3) is 10.8 Å². The third-order valence-electron chi connectivity index (χ3n) is 8.86. The van der Waals surface area contributed by atoms with Gasteiger partial charge in [0, 0.05) is 60.5 Å². The summed E-state index contributed by atoms with van der Waals surface area (Å²) in [7, 11) is 1.92. The molecule has 5 heterocycles. The maximum atomic E-state index is 14.8. The summed E-state index contributed by atoms with van der Waals surface area (Å²) in [6, 6.07) is 6.59. The largest absolute Gasteiger partial charge is 0.508 e. The Hall–Kier alpha value is -3.61. The highest BCUT2D eigenvalue weighted by Crippen LogP contribution is 2.39. The van der Waals surface area contributed by atoms with Gasteiger partial charge in [0.05, 0.1) is 20.5 Å². The molecule has 0 spiro atoms. The van der Waals surface area contributed by atoms with Crippen LogP contribution in [0.5, 0.6) is 11.8 Å². The van der Waals surface area contributed by atoms with Gasteiger partial charge < -0.3 is 29.9 Å². The molecular formula is C31H35FN6O2. The number of anilines is 2. The van der Waals surface area contributed by atoms with Crippen LogP contribution in [0.15, 0.2) is 24.3 Å². The summed E-state index contributed by atoms with van der Waals surface area (Å²) in [5.74, 6) is 2.89. The summed E-state index contributed by atoms with van der Waals surface area (Å²) in [5, 5.41) is 15.5. The standard InChI is InChI=1S/C31H35FN6O2/c1-3-24-26(32)9-6-19-13-23(39)14-28(29(19)24)37-12-10-25-27(17-37)34-31(40-18-22-5-4-11-36(22)2)35-30(25)38-15-20-7-8-21(16-38)33-20/h1,6,9,13-14,20-22,33,39H,4-5,7-8,10-12,15-18H2,2H3/t20-,21+,22-/m0/s1/i18D2. The Morgan fingerprint density at radius 2 is 2.00 bits per heavy atom. The highest BCUT2D eigenvalue weighted by molar-refractivity contribution is 6.00. The number of nitrogens with one attached hydrogen (secondary N) is 1. The Kier molecular flexibility index (Phi) is 5.84. The van der Waals surface area contributed by atoms with Gasteiger partial charge in [0.15, 0.2) is 0 Å². The summed E-state index contributed by atoms with van der Waals surface area (Å²) in [4.78, 5) is 16.0. The Labute approximate surface area is 237 Å². The lowest BCUT2D eigenvalue weighted by atomic mass is 9.98. The van der Waals surface area contributed by atoms with Gasteiger partial charge in [-0.2, -0.15) is 9.97 Å². The molecule has 0 unspecified atom stereocenters. The normalized spacial score (nSPS) is 25.5. The minimum absolute atomic E-state index is 0.0258. The quantitative estimate of drug-likeness (QED) is 0.474. The van der Waals surface area contributed by atoms with Gasteiger partial charge in [-0.25, -0.2) is 4.39 Å². The van der Waals surface area contributed by atoms with Crippen LogP contribution in [0.1, 0.15) is 45.2 Å². The van der Waals surface area contributed by atoms with Gasteiger partial charge in [0.25, 0.3) is 0 Å². The van der Waals surface area contributed by atoms with Crippen molar-refractivity contribution < 1.29 is 17.0 Å². The number of rotatable bonds is 5. The summed E-state index contributed by atoms with van der Waals surface area (Å²) >= 11 is 0. The fourth-order valence-electron chi connectivity index (χ4n) is 6.84. The molecule has 0 saturated carbocycles. The molecule has 1 aromatic heterocycles. The molecule has 3 atom stereocenters. The number of hydrogen-bond donors (Lipinski definition) is 2. The van der Waals surface area contributed by atoms with Crippen molar-refractivity contribution in [2.45, 2.75) is 56.8 Å². The van der Waals surface area contributed by atoms with Gasteiger partial charge in [0.1, 0.15) is 23.9 Å². The molecule has 7 rings (SSSR count). The van der Waals surface area contributed by atoms with E-state index in [9.17, 15) is 9.50 Å². The molecular weight excluding hydrogens is 507 g/mol. The molecule has 9 heteroatoms. The molecule has 3 fully saturated rings. The number of likely N-dealkylation sites (N-methyl/N-ethyl adjacent to an activating group) is 1. The lowest BCUT2D eigenvalue weighted by molar-refractivity contribution is 0.187. The minimum Gasteiger partial charge on any atom is -0.508 e. The number of aromatic hydroxyl groups is 1. The second-order valence-electron chi connectivity index (χ2n) is 11.5. The number of phenolic OH excluding ortho intramolecular Hbond substituents is 1. The lowest BCUT2D eigenvalue weighted by Gasteiger charge is -2.37. The van der Waals surface area contributed by atoms with Crippen molar-refractivity contribution in [2.75, 3.05) is 49.6 Å². The average Bonchev–Trinajstić information content (AvgIpc) is 3.56. The van der Waals surface area contributed by atoms with E-state index in [0.717, 1.165) is 56.0 Å². The van der Waals surface area contributed by atoms with Crippen molar-refractivity contribution in [3.8, 4) is 24.1 Å². The van der Waals surface area contributed by atoms with Crippen LogP contribution >= 0.6 is 0 Å². The second-order valence-corrected chi connectivity index (χ2v) is 11.5. The molecule has 2 bridgehead atoms. The summed E-state index contributed by atoms with van der Waals surface area (Å²) in [6.07, 6.45) is 10.2. The maximum Gasteiger partial charge on any atom is 0.318 e. The molecule has 2 N–H and O–H groups in total. The Morgan fingerprint density at radius 3 is 2.75 bits per heavy atom. The van der Waals surface area contributed by atoms with Crippen molar-refractivity contribution in [3.05, 3.63) is 46.9 Å². The number of hydrogen-bond acceptors (Lipinski definition) is 8. The van der Waals surface area contributed by atoms with E-state index in [4.69, 9.17) is 23.9 Å². The van der Waals surface area contributed by atoms with E-state index < -0.39 is 12.4 Å². The van der Waals surface area contributed by atoms with Crippen LogP contribution in [0.4, 0.5) is 15.9 Å². The van der Waals surface area contributed by atoms with Crippen LogP contribution in [-0.4, -0.2) is 77.9 Å². The molecule has 208 valence electrons. The number of ether oxygens (including phenoxy) is 1. The van der Waals surface area contributed by atoms with Crippen LogP contribution in [0, 0.1) is 18.2 Å². The SMILES string of the molecule is [2H]C([2H])(Oc1nc2c(c(N3C[C@H]4CC[C@@H](C3)N4)n1)CCN(c1cc(O)cc3ccc(F)c(C#C)c13)C2)[C@@H]1CCCN1C. The van der Waals surface area contributed by atoms with Crippen LogP contribution in [-0.2, 0) is 13.0 Å². The number of piperazine rings is 1. The summed E-state index contributed by atoms with van der Waals surface area (Å²) < 4.78 is 38.3. The van der Waals surface area contributed by atoms with Crippen molar-refractivity contribution in [2.24, 2.45) is 0 Å². The zero-order valence-electron chi connectivity index (χ0n) is 24.7. The van der Waals surface area contributed by atoms with E-state index in [0.29, 0.717) is 54.5 Å². The monoisotopic (exact) mass is 544 g/mol. The molecule has 8 nitrogen and oxygen atoms in total. The van der Waals surface area contributed by atoms with Gasteiger partial charge in [-0.1, -0.05) is 12.0 Å². The minimum atomic E-state index is -1.96. The lowest BCUT2D eigenvalue weighted by Crippen LogP contribution is -2.52. The van der Waals surface area contributed by atoms with Gasteiger partial charge in [-0.15, -0.1) is 6.42 Å². The van der Waals surface area contributed by atoms with Gasteiger partial charge >= 0.3 is 6.01 Å². The molecule has 3 saturated heterocycles. The molecule has 0 radical (unpaired) electrons. The van der Waals surface area contributed by atoms with Gasteiger partial charge in [-0.05, 0) is 63.2 Å². The number of phenols is 1. The summed E-state index contributed by atoms with van der Waals surface area (Å²) in [6.45, 7) is 1.45. The molecule has 4 aliphatic rings. The van der Waals surface area contributed by atoms with Gasteiger partial charge in [-0.3, -0.25) is 0 Å². The maximum absolute atomic E-state index is 14.8. The Balaban J connectivity index is 1.29. The number of fused-ring (bicyclic) bond motifs is 4. The molecule has 0 aliphatic carbocycles. The zero-order valence-corrected chi connectivity index (χ0v) is 22.7. The van der Waals surface area contributed by atoms with Crippen molar-refractivity contribution in [1.29, 1.82) is 0 Å². The predicted molar refractivity (Wildman–Crippen MR) is 154 cm³/mol. The first-order valence-electron chi connectivity index (χ1n) is 15.2. The predicted octanol–water partition coefficient (Wildman–Crippen LogP) is 3.43. The van der Waals surface area contributed by atoms with Gasteiger partial charge in [0.2, 0.25) is 0 Å². The topological polar surface area (TPSA) is 77.0 Å². The first kappa shape index (κ1) is 23.1. The van der Waals surface area contributed by atoms with E-state index in [1.807, 2.05) is 16.8 Å². The molecule has 40 heavy (non-hydrogen) atoms. The van der Waals surface area contributed by atoms with E-state index in [2.05, 4.69) is 16.1 Å². The number of terminal acetylenes is 1. The van der Waals surface area contributed by atoms with Crippen molar-refractivity contribution >= 4 is 22.3 Å². The third-order valence-corrected chi connectivity index (χ3v) is 8.86. The smallest absolute Gasteiger partial charge is 0.318 e. The highest BCUT2D eigenvalue weighted by Gasteiger charge is 2.35. The molecule has 3 aromatic rings. The fourth-order valence-corrected chi connectivity index (χ4v) is 6.84. The zero-order chi connectivity index (χ0) is 29.2. The summed E-state index contributed by atoms with van der Waals surface area (Å²) in [5.41, 5.74) is 2.55. The van der Waals surface area contributed by atoms with Crippen LogP contribution < -0.4 is 19.9 Å². The second kappa shape index (κ2) is 10.1. The molecule has 0 amide bonds. The molecule has 2 aromatic carbocycles. The number of nitrogens with zero attached hydrogens (tertiary/aromatic N) is 5. The Morgan fingerprint density at radius 1 is 1.18 bits per heavy atom. The first-order chi connectivity index (χ1) is 20.2. The third kappa shape index (κ3) is 4.49. The van der Waals surface area contributed by atoms with Crippen LogP contribution in [0.3, 0.4) is 0 Å². The van der Waals surface area contributed by atoms with Crippen LogP contribution in [0.2, 0.25) is 0 Å². The molecule has 4 aliphatic heterocycles.